The van der Waals surface area contributed by atoms with Gasteiger partial charge in [0.1, 0.15) is 0 Å². The molecule has 4 heteroatoms. The highest BCUT2D eigenvalue weighted by atomic mass is 16.5. The Balaban J connectivity index is 4.11. The van der Waals surface area contributed by atoms with E-state index < -0.39 is 0 Å². The average molecular weight is 286 g/mol. The van der Waals surface area contributed by atoms with Crippen LogP contribution in [0.15, 0.2) is 0 Å². The van der Waals surface area contributed by atoms with Gasteiger partial charge in [0.2, 0.25) is 5.91 Å². The Morgan fingerprint density at radius 1 is 1.25 bits per heavy atom. The summed E-state index contributed by atoms with van der Waals surface area (Å²) < 4.78 is 5.47. The fourth-order valence-electron chi connectivity index (χ4n) is 2.25. The molecule has 0 rings (SSSR count). The van der Waals surface area contributed by atoms with Gasteiger partial charge in [-0.15, -0.1) is 0 Å². The van der Waals surface area contributed by atoms with Gasteiger partial charge in [-0.1, -0.05) is 20.8 Å². The summed E-state index contributed by atoms with van der Waals surface area (Å²) in [5.74, 6) is 0.695. The maximum absolute atomic E-state index is 12.1. The van der Waals surface area contributed by atoms with Crippen molar-refractivity contribution in [3.05, 3.63) is 0 Å². The second-order valence-electron chi connectivity index (χ2n) is 6.91. The van der Waals surface area contributed by atoms with Crippen molar-refractivity contribution in [2.24, 2.45) is 17.1 Å². The summed E-state index contributed by atoms with van der Waals surface area (Å²) in [6.45, 7) is 12.6. The van der Waals surface area contributed by atoms with Gasteiger partial charge in [0, 0.05) is 20.0 Å². The molecule has 2 N–H and O–H groups in total. The normalized spacial score (nSPS) is 13.6. The predicted molar refractivity (Wildman–Crippen MR) is 84.6 cm³/mol. The Kier molecular flexibility index (Phi) is 9.06. The molecule has 0 aromatic rings. The molecule has 0 fully saturated rings. The molecule has 120 valence electrons. The molecular weight excluding hydrogens is 252 g/mol. The number of hydrogen-bond acceptors (Lipinski definition) is 3. The van der Waals surface area contributed by atoms with Crippen LogP contribution in [0, 0.1) is 11.3 Å². The molecule has 0 aliphatic carbocycles. The second-order valence-corrected chi connectivity index (χ2v) is 6.91. The van der Waals surface area contributed by atoms with E-state index >= 15 is 0 Å². The van der Waals surface area contributed by atoms with Gasteiger partial charge in [0.15, 0.2) is 0 Å². The summed E-state index contributed by atoms with van der Waals surface area (Å²) in [5.41, 5.74) is 5.88. The lowest BCUT2D eigenvalue weighted by atomic mass is 9.76. The van der Waals surface area contributed by atoms with Crippen molar-refractivity contribution >= 4 is 5.91 Å². The molecule has 1 unspecified atom stereocenters. The van der Waals surface area contributed by atoms with Crippen molar-refractivity contribution in [3.8, 4) is 0 Å². The molecule has 0 aromatic carbocycles. The summed E-state index contributed by atoms with van der Waals surface area (Å²) in [4.78, 5) is 13.9. The van der Waals surface area contributed by atoms with E-state index in [0.29, 0.717) is 32.0 Å². The number of hydrogen-bond donors (Lipinski definition) is 1. The summed E-state index contributed by atoms with van der Waals surface area (Å²) in [6, 6.07) is 0. The van der Waals surface area contributed by atoms with E-state index in [9.17, 15) is 4.79 Å². The first-order valence-corrected chi connectivity index (χ1v) is 7.74. The van der Waals surface area contributed by atoms with Gasteiger partial charge in [-0.2, -0.15) is 0 Å². The number of ether oxygens (including phenoxy) is 1. The van der Waals surface area contributed by atoms with Gasteiger partial charge in [0.05, 0.1) is 12.7 Å². The summed E-state index contributed by atoms with van der Waals surface area (Å²) in [7, 11) is 1.85. The lowest BCUT2D eigenvalue weighted by Crippen LogP contribution is -2.32. The Morgan fingerprint density at radius 3 is 2.30 bits per heavy atom. The molecule has 0 saturated carbocycles. The first kappa shape index (κ1) is 19.4. The predicted octanol–water partition coefficient (Wildman–Crippen LogP) is 2.66. The van der Waals surface area contributed by atoms with Crippen molar-refractivity contribution < 1.29 is 9.53 Å². The Labute approximate surface area is 125 Å². The quantitative estimate of drug-likeness (QED) is 0.709. The van der Waals surface area contributed by atoms with Crippen LogP contribution in [-0.4, -0.2) is 43.7 Å². The zero-order valence-corrected chi connectivity index (χ0v) is 14.2. The molecule has 4 nitrogen and oxygen atoms in total. The number of likely N-dealkylation sites (N-methyl/N-ethyl adjacent to an activating group) is 1. The molecule has 0 heterocycles. The third kappa shape index (κ3) is 8.54. The second kappa shape index (κ2) is 9.35. The van der Waals surface area contributed by atoms with Crippen LogP contribution in [0.25, 0.3) is 0 Å². The fraction of sp³-hybridized carbons (Fsp3) is 0.938. The van der Waals surface area contributed by atoms with E-state index in [-0.39, 0.29) is 17.4 Å². The third-order valence-electron chi connectivity index (χ3n) is 3.75. The van der Waals surface area contributed by atoms with E-state index in [4.69, 9.17) is 10.5 Å². The molecule has 0 radical (unpaired) electrons. The summed E-state index contributed by atoms with van der Waals surface area (Å²) in [5, 5.41) is 0. The molecule has 0 aliphatic heterocycles. The smallest absolute Gasteiger partial charge is 0.222 e. The van der Waals surface area contributed by atoms with Crippen LogP contribution in [0.4, 0.5) is 0 Å². The lowest BCUT2D eigenvalue weighted by molar-refractivity contribution is -0.131. The van der Waals surface area contributed by atoms with Crippen molar-refractivity contribution in [2.75, 3.05) is 26.7 Å². The van der Waals surface area contributed by atoms with Gasteiger partial charge >= 0.3 is 0 Å². The zero-order valence-electron chi connectivity index (χ0n) is 14.2. The van der Waals surface area contributed by atoms with Crippen LogP contribution in [0.3, 0.4) is 0 Å². The molecule has 1 amide bonds. The highest BCUT2D eigenvalue weighted by Gasteiger charge is 2.24. The number of carbonyl (C=O) groups excluding carboxylic acids is 1. The van der Waals surface area contributed by atoms with E-state index in [2.05, 4.69) is 20.8 Å². The van der Waals surface area contributed by atoms with Gasteiger partial charge in [-0.3, -0.25) is 4.79 Å². The van der Waals surface area contributed by atoms with Gasteiger partial charge < -0.3 is 15.4 Å². The van der Waals surface area contributed by atoms with Crippen LogP contribution in [0.2, 0.25) is 0 Å². The number of amides is 1. The molecule has 0 aliphatic rings. The Hall–Kier alpha value is -0.610. The standard InChI is InChI=1S/C16H34N2O2/c1-13(2)20-12-11-18(6)15(19)8-7-14(9-10-17)16(3,4)5/h13-14H,7-12,17H2,1-6H3. The molecule has 20 heavy (non-hydrogen) atoms. The molecule has 0 aromatic heterocycles. The minimum absolute atomic E-state index is 0.198. The van der Waals surface area contributed by atoms with Crippen LogP contribution in [0.5, 0.6) is 0 Å². The van der Waals surface area contributed by atoms with Crippen molar-refractivity contribution in [1.29, 1.82) is 0 Å². The first-order chi connectivity index (χ1) is 9.18. The van der Waals surface area contributed by atoms with E-state index in [1.54, 1.807) is 4.90 Å². The zero-order chi connectivity index (χ0) is 15.8. The molecule has 1 atom stereocenters. The molecular formula is C16H34N2O2. The highest BCUT2D eigenvalue weighted by Crippen LogP contribution is 2.32. The monoisotopic (exact) mass is 286 g/mol. The van der Waals surface area contributed by atoms with Crippen molar-refractivity contribution in [2.45, 2.75) is 60.0 Å². The Bertz CT molecular complexity index is 272. The number of rotatable bonds is 9. The topological polar surface area (TPSA) is 55.6 Å². The first-order valence-electron chi connectivity index (χ1n) is 7.74. The molecule has 0 bridgehead atoms. The molecule has 0 spiro atoms. The number of nitrogens with two attached hydrogens (primary N) is 1. The van der Waals surface area contributed by atoms with Crippen molar-refractivity contribution in [3.63, 3.8) is 0 Å². The van der Waals surface area contributed by atoms with Crippen LogP contribution < -0.4 is 5.73 Å². The fourth-order valence-corrected chi connectivity index (χ4v) is 2.25. The van der Waals surface area contributed by atoms with E-state index in [0.717, 1.165) is 12.8 Å². The van der Waals surface area contributed by atoms with Crippen molar-refractivity contribution in [1.82, 2.24) is 4.90 Å². The van der Waals surface area contributed by atoms with E-state index in [1.807, 2.05) is 20.9 Å². The SMILES string of the molecule is CC(C)OCCN(C)C(=O)CCC(CCN)C(C)(C)C. The summed E-state index contributed by atoms with van der Waals surface area (Å²) in [6.07, 6.45) is 2.71. The van der Waals surface area contributed by atoms with Gasteiger partial charge in [-0.05, 0) is 44.6 Å². The van der Waals surface area contributed by atoms with Gasteiger partial charge in [0.25, 0.3) is 0 Å². The van der Waals surface area contributed by atoms with Crippen LogP contribution in [0.1, 0.15) is 53.9 Å². The largest absolute Gasteiger partial charge is 0.377 e. The number of nitrogens with zero attached hydrogens (tertiary/aromatic N) is 1. The van der Waals surface area contributed by atoms with E-state index in [1.165, 1.54) is 0 Å². The Morgan fingerprint density at radius 2 is 1.85 bits per heavy atom. The maximum atomic E-state index is 12.1. The van der Waals surface area contributed by atoms with Crippen LogP contribution in [-0.2, 0) is 9.53 Å². The minimum Gasteiger partial charge on any atom is -0.377 e. The third-order valence-corrected chi connectivity index (χ3v) is 3.75. The highest BCUT2D eigenvalue weighted by molar-refractivity contribution is 5.75. The lowest BCUT2D eigenvalue weighted by Gasteiger charge is -2.31. The van der Waals surface area contributed by atoms with Crippen LogP contribution >= 0.6 is 0 Å². The number of carbonyl (C=O) groups is 1. The minimum atomic E-state index is 0.198. The maximum Gasteiger partial charge on any atom is 0.222 e. The molecule has 0 saturated heterocycles. The average Bonchev–Trinajstić information content (AvgIpc) is 2.31. The summed E-state index contributed by atoms with van der Waals surface area (Å²) >= 11 is 0. The van der Waals surface area contributed by atoms with Gasteiger partial charge in [-0.25, -0.2) is 0 Å².